The molecular weight excluding hydrogens is 364 g/mol. The first-order valence-electron chi connectivity index (χ1n) is 11.1. The lowest BCUT2D eigenvalue weighted by Gasteiger charge is -2.37. The first kappa shape index (κ1) is 21.6. The number of nitrogens with one attached hydrogen (secondary N) is 2. The van der Waals surface area contributed by atoms with Crippen molar-refractivity contribution in [3.63, 3.8) is 0 Å². The zero-order valence-corrected chi connectivity index (χ0v) is 17.8. The van der Waals surface area contributed by atoms with Crippen molar-refractivity contribution in [3.05, 3.63) is 35.4 Å². The second kappa shape index (κ2) is 10.6. The fourth-order valence-electron chi connectivity index (χ4n) is 4.62. The number of rotatable bonds is 7. The summed E-state index contributed by atoms with van der Waals surface area (Å²) in [5.41, 5.74) is 2.73. The third-order valence-electron chi connectivity index (χ3n) is 6.39. The van der Waals surface area contributed by atoms with Gasteiger partial charge in [0.25, 0.3) is 0 Å². The van der Waals surface area contributed by atoms with E-state index in [4.69, 9.17) is 0 Å². The van der Waals surface area contributed by atoms with E-state index in [1.54, 1.807) is 0 Å². The van der Waals surface area contributed by atoms with Gasteiger partial charge < -0.3 is 20.6 Å². The summed E-state index contributed by atoms with van der Waals surface area (Å²) in [4.78, 5) is 19.2. The highest BCUT2D eigenvalue weighted by atomic mass is 16.3. The predicted molar refractivity (Wildman–Crippen MR) is 117 cm³/mol. The summed E-state index contributed by atoms with van der Waals surface area (Å²) in [5, 5.41) is 16.2. The number of guanidine groups is 1. The van der Waals surface area contributed by atoms with Crippen molar-refractivity contribution in [2.75, 3.05) is 32.8 Å². The monoisotopic (exact) mass is 400 g/mol. The molecule has 6 nitrogen and oxygen atoms in total. The summed E-state index contributed by atoms with van der Waals surface area (Å²) in [6.45, 7) is 5.40. The van der Waals surface area contributed by atoms with Gasteiger partial charge in [-0.2, -0.15) is 0 Å². The van der Waals surface area contributed by atoms with Crippen LogP contribution >= 0.6 is 0 Å². The van der Waals surface area contributed by atoms with E-state index in [0.29, 0.717) is 12.5 Å². The van der Waals surface area contributed by atoms with Gasteiger partial charge in [0.05, 0.1) is 0 Å². The topological polar surface area (TPSA) is 77.0 Å². The molecule has 1 fully saturated rings. The van der Waals surface area contributed by atoms with Crippen LogP contribution in [-0.2, 0) is 17.8 Å². The lowest BCUT2D eigenvalue weighted by atomic mass is 9.72. The van der Waals surface area contributed by atoms with E-state index in [1.807, 2.05) is 17.9 Å². The van der Waals surface area contributed by atoms with Gasteiger partial charge in [-0.3, -0.25) is 4.79 Å². The van der Waals surface area contributed by atoms with Crippen molar-refractivity contribution in [3.8, 4) is 0 Å². The molecule has 0 unspecified atom stereocenters. The largest absolute Gasteiger partial charge is 0.396 e. The predicted octanol–water partition coefficient (Wildman–Crippen LogP) is 2.46. The second-order valence-electron chi connectivity index (χ2n) is 8.42. The van der Waals surface area contributed by atoms with Crippen molar-refractivity contribution in [1.29, 1.82) is 0 Å². The number of aliphatic hydroxyl groups is 1. The Labute approximate surface area is 174 Å². The van der Waals surface area contributed by atoms with Crippen LogP contribution < -0.4 is 10.6 Å². The number of benzene rings is 1. The van der Waals surface area contributed by atoms with Gasteiger partial charge in [0, 0.05) is 32.8 Å². The molecule has 1 aromatic rings. The smallest absolute Gasteiger partial charge is 0.244 e. The van der Waals surface area contributed by atoms with E-state index < -0.39 is 0 Å². The van der Waals surface area contributed by atoms with Gasteiger partial charge in [-0.25, -0.2) is 4.99 Å². The molecule has 1 saturated carbocycles. The summed E-state index contributed by atoms with van der Waals surface area (Å²) in [5.74, 6) is 0.764. The zero-order chi connectivity index (χ0) is 20.5. The summed E-state index contributed by atoms with van der Waals surface area (Å²) in [6.07, 6.45) is 7.76. The van der Waals surface area contributed by atoms with Crippen LogP contribution in [0.15, 0.2) is 29.3 Å². The van der Waals surface area contributed by atoms with Crippen molar-refractivity contribution in [2.45, 2.75) is 58.4 Å². The maximum absolute atomic E-state index is 12.7. The number of amides is 1. The molecule has 6 heteroatoms. The first-order chi connectivity index (χ1) is 14.2. The van der Waals surface area contributed by atoms with E-state index in [-0.39, 0.29) is 24.5 Å². The SMILES string of the molecule is CCNC(=NCC(=O)N1CCc2ccccc2C1)NCC1(CCO)CCCCC1. The Hall–Kier alpha value is -2.08. The van der Waals surface area contributed by atoms with Crippen LogP contribution in [0.2, 0.25) is 0 Å². The quantitative estimate of drug-likeness (QED) is 0.485. The van der Waals surface area contributed by atoms with Crippen LogP contribution in [0.3, 0.4) is 0 Å². The molecule has 0 radical (unpaired) electrons. The molecule has 0 saturated heterocycles. The average Bonchev–Trinajstić information content (AvgIpc) is 2.76. The molecule has 3 rings (SSSR count). The Morgan fingerprint density at radius 1 is 1.17 bits per heavy atom. The number of hydrogen-bond donors (Lipinski definition) is 3. The minimum atomic E-state index is 0.0689. The fraction of sp³-hybridized carbons (Fsp3) is 0.652. The lowest BCUT2D eigenvalue weighted by Crippen LogP contribution is -2.45. The van der Waals surface area contributed by atoms with Gasteiger partial charge in [-0.05, 0) is 49.1 Å². The van der Waals surface area contributed by atoms with Crippen LogP contribution in [0.4, 0.5) is 0 Å². The average molecular weight is 401 g/mol. The van der Waals surface area contributed by atoms with E-state index in [1.165, 1.54) is 30.4 Å². The van der Waals surface area contributed by atoms with Gasteiger partial charge in [-0.15, -0.1) is 0 Å². The maximum Gasteiger partial charge on any atom is 0.244 e. The van der Waals surface area contributed by atoms with Crippen molar-refractivity contribution in [1.82, 2.24) is 15.5 Å². The van der Waals surface area contributed by atoms with Crippen LogP contribution in [0.25, 0.3) is 0 Å². The minimum absolute atomic E-state index is 0.0689. The molecule has 0 spiro atoms. The number of aliphatic hydroxyl groups excluding tert-OH is 1. The van der Waals surface area contributed by atoms with Crippen LogP contribution in [0, 0.1) is 5.41 Å². The van der Waals surface area contributed by atoms with E-state index in [2.05, 4.69) is 33.8 Å². The number of fused-ring (bicyclic) bond motifs is 1. The Kier molecular flexibility index (Phi) is 7.92. The Balaban J connectivity index is 1.56. The molecular formula is C23H36N4O2. The summed E-state index contributed by atoms with van der Waals surface area (Å²) in [7, 11) is 0. The Morgan fingerprint density at radius 2 is 1.93 bits per heavy atom. The molecule has 1 heterocycles. The molecule has 1 aliphatic carbocycles. The second-order valence-corrected chi connectivity index (χ2v) is 8.42. The van der Waals surface area contributed by atoms with E-state index in [0.717, 1.165) is 45.3 Å². The number of carbonyl (C=O) groups is 1. The van der Waals surface area contributed by atoms with Gasteiger partial charge in [0.1, 0.15) is 6.54 Å². The normalized spacial score (nSPS) is 18.8. The Morgan fingerprint density at radius 3 is 2.66 bits per heavy atom. The molecule has 0 bridgehead atoms. The van der Waals surface area contributed by atoms with Crippen LogP contribution in [0.1, 0.15) is 56.6 Å². The third-order valence-corrected chi connectivity index (χ3v) is 6.39. The number of hydrogen-bond acceptors (Lipinski definition) is 3. The van der Waals surface area contributed by atoms with Crippen molar-refractivity contribution in [2.24, 2.45) is 10.4 Å². The minimum Gasteiger partial charge on any atom is -0.396 e. The summed E-state index contributed by atoms with van der Waals surface area (Å²) in [6, 6.07) is 8.35. The molecule has 0 aromatic heterocycles. The van der Waals surface area contributed by atoms with E-state index >= 15 is 0 Å². The van der Waals surface area contributed by atoms with Crippen molar-refractivity contribution < 1.29 is 9.90 Å². The van der Waals surface area contributed by atoms with Gasteiger partial charge in [-0.1, -0.05) is 43.5 Å². The highest BCUT2D eigenvalue weighted by molar-refractivity contribution is 5.85. The number of carbonyl (C=O) groups excluding carboxylic acids is 1. The van der Waals surface area contributed by atoms with Gasteiger partial charge in [0.15, 0.2) is 5.96 Å². The molecule has 2 aliphatic rings. The number of nitrogens with zero attached hydrogens (tertiary/aromatic N) is 2. The highest BCUT2D eigenvalue weighted by Gasteiger charge is 2.31. The molecule has 1 aliphatic heterocycles. The summed E-state index contributed by atoms with van der Waals surface area (Å²) >= 11 is 0. The summed E-state index contributed by atoms with van der Waals surface area (Å²) < 4.78 is 0. The standard InChI is InChI=1S/C23H36N4O2/c1-2-24-22(26-18-23(13-15-28)11-6-3-7-12-23)25-16-21(29)27-14-10-19-8-4-5-9-20(19)17-27/h4-5,8-9,28H,2-3,6-7,10-18H2,1H3,(H2,24,25,26). The fourth-order valence-corrected chi connectivity index (χ4v) is 4.62. The Bertz CT molecular complexity index is 692. The lowest BCUT2D eigenvalue weighted by molar-refractivity contribution is -0.130. The molecule has 1 amide bonds. The molecule has 1 aromatic carbocycles. The van der Waals surface area contributed by atoms with Crippen LogP contribution in [-0.4, -0.2) is 54.7 Å². The molecule has 29 heavy (non-hydrogen) atoms. The first-order valence-corrected chi connectivity index (χ1v) is 11.1. The third kappa shape index (κ3) is 5.95. The van der Waals surface area contributed by atoms with Crippen molar-refractivity contribution >= 4 is 11.9 Å². The van der Waals surface area contributed by atoms with Crippen LogP contribution in [0.5, 0.6) is 0 Å². The van der Waals surface area contributed by atoms with E-state index in [9.17, 15) is 9.90 Å². The molecule has 0 atom stereocenters. The maximum atomic E-state index is 12.7. The van der Waals surface area contributed by atoms with Gasteiger partial charge >= 0.3 is 0 Å². The highest BCUT2D eigenvalue weighted by Crippen LogP contribution is 2.38. The van der Waals surface area contributed by atoms with Gasteiger partial charge in [0.2, 0.25) is 5.91 Å². The molecule has 3 N–H and O–H groups in total. The number of aliphatic imine (C=N–C) groups is 1. The molecule has 160 valence electrons. The zero-order valence-electron chi connectivity index (χ0n) is 17.8.